The molecule has 2 heterocycles. The van der Waals surface area contributed by atoms with E-state index in [1.807, 2.05) is 31.2 Å². The molecule has 1 aliphatic rings. The van der Waals surface area contributed by atoms with Crippen molar-refractivity contribution < 1.29 is 13.9 Å². The molecule has 0 saturated carbocycles. The Morgan fingerprint density at radius 3 is 2.95 bits per heavy atom. The predicted molar refractivity (Wildman–Crippen MR) is 76.3 cm³/mol. The first-order valence-electron chi connectivity index (χ1n) is 6.83. The maximum absolute atomic E-state index is 5.83. The van der Waals surface area contributed by atoms with Crippen molar-refractivity contribution in [2.45, 2.75) is 25.9 Å². The van der Waals surface area contributed by atoms with Gasteiger partial charge < -0.3 is 19.2 Å². The largest absolute Gasteiger partial charge is 0.493 e. The third-order valence-corrected chi connectivity index (χ3v) is 3.54. The number of fused-ring (bicyclic) bond motifs is 1. The number of furan rings is 1. The first-order chi connectivity index (χ1) is 9.76. The Labute approximate surface area is 118 Å². The summed E-state index contributed by atoms with van der Waals surface area (Å²) in [5, 5.41) is 3.47. The Kier molecular flexibility index (Phi) is 3.65. The van der Waals surface area contributed by atoms with Crippen LogP contribution in [0.15, 0.2) is 34.7 Å². The minimum Gasteiger partial charge on any atom is -0.493 e. The maximum atomic E-state index is 5.83. The van der Waals surface area contributed by atoms with Gasteiger partial charge in [0, 0.05) is 6.04 Å². The van der Waals surface area contributed by atoms with E-state index in [1.165, 1.54) is 5.56 Å². The SMILES string of the molecule is COc1cccc2c1OCC(NCc1ccc(C)o1)C2. The van der Waals surface area contributed by atoms with E-state index in [2.05, 4.69) is 11.4 Å². The highest BCUT2D eigenvalue weighted by atomic mass is 16.5. The van der Waals surface area contributed by atoms with Gasteiger partial charge in [-0.2, -0.15) is 0 Å². The summed E-state index contributed by atoms with van der Waals surface area (Å²) in [7, 11) is 1.67. The zero-order chi connectivity index (χ0) is 13.9. The fraction of sp³-hybridized carbons (Fsp3) is 0.375. The molecular weight excluding hydrogens is 254 g/mol. The standard InChI is InChI=1S/C16H19NO3/c1-11-6-7-14(20-11)9-17-13-8-12-4-3-5-15(18-2)16(12)19-10-13/h3-7,13,17H,8-10H2,1-2H3. The lowest BCUT2D eigenvalue weighted by atomic mass is 10.0. The number of aryl methyl sites for hydroxylation is 1. The Morgan fingerprint density at radius 2 is 2.20 bits per heavy atom. The normalized spacial score (nSPS) is 17.4. The number of methoxy groups -OCH3 is 1. The van der Waals surface area contributed by atoms with Gasteiger partial charge in [0.15, 0.2) is 11.5 Å². The molecule has 0 saturated heterocycles. The number of hydrogen-bond acceptors (Lipinski definition) is 4. The van der Waals surface area contributed by atoms with Crippen LogP contribution in [0.2, 0.25) is 0 Å². The maximum Gasteiger partial charge on any atom is 0.164 e. The van der Waals surface area contributed by atoms with E-state index in [-0.39, 0.29) is 0 Å². The topological polar surface area (TPSA) is 43.6 Å². The first kappa shape index (κ1) is 13.1. The van der Waals surface area contributed by atoms with Gasteiger partial charge in [0.2, 0.25) is 0 Å². The molecule has 1 aliphatic heterocycles. The minimum atomic E-state index is 0.292. The summed E-state index contributed by atoms with van der Waals surface area (Å²) in [6.45, 7) is 3.32. The number of nitrogens with one attached hydrogen (secondary N) is 1. The van der Waals surface area contributed by atoms with Gasteiger partial charge >= 0.3 is 0 Å². The zero-order valence-corrected chi connectivity index (χ0v) is 11.8. The molecule has 1 atom stereocenters. The summed E-state index contributed by atoms with van der Waals surface area (Å²) in [4.78, 5) is 0. The van der Waals surface area contributed by atoms with Crippen LogP contribution in [0.4, 0.5) is 0 Å². The van der Waals surface area contributed by atoms with Crippen LogP contribution in [0.1, 0.15) is 17.1 Å². The van der Waals surface area contributed by atoms with E-state index in [4.69, 9.17) is 13.9 Å². The molecule has 0 radical (unpaired) electrons. The molecule has 106 valence electrons. The van der Waals surface area contributed by atoms with Gasteiger partial charge in [-0.05, 0) is 37.1 Å². The molecule has 4 nitrogen and oxygen atoms in total. The molecule has 0 bridgehead atoms. The van der Waals surface area contributed by atoms with Gasteiger partial charge in [-0.1, -0.05) is 12.1 Å². The fourth-order valence-electron chi connectivity index (χ4n) is 2.51. The van der Waals surface area contributed by atoms with Crippen LogP contribution in [-0.4, -0.2) is 19.8 Å². The van der Waals surface area contributed by atoms with Crippen LogP contribution >= 0.6 is 0 Å². The van der Waals surface area contributed by atoms with Crippen molar-refractivity contribution in [3.63, 3.8) is 0 Å². The van der Waals surface area contributed by atoms with Crippen LogP contribution < -0.4 is 14.8 Å². The molecule has 1 aromatic heterocycles. The molecule has 4 heteroatoms. The fourth-order valence-corrected chi connectivity index (χ4v) is 2.51. The second-order valence-corrected chi connectivity index (χ2v) is 5.05. The van der Waals surface area contributed by atoms with Crippen LogP contribution in [0, 0.1) is 6.92 Å². The van der Waals surface area contributed by atoms with Crippen molar-refractivity contribution >= 4 is 0 Å². The lowest BCUT2D eigenvalue weighted by Gasteiger charge is -2.27. The Bertz CT molecular complexity index is 591. The van der Waals surface area contributed by atoms with Gasteiger partial charge in [0.1, 0.15) is 18.1 Å². The van der Waals surface area contributed by atoms with Gasteiger partial charge in [-0.3, -0.25) is 0 Å². The quantitative estimate of drug-likeness (QED) is 0.930. The second kappa shape index (κ2) is 5.59. The van der Waals surface area contributed by atoms with Crippen molar-refractivity contribution in [3.05, 3.63) is 47.4 Å². The van der Waals surface area contributed by atoms with E-state index in [1.54, 1.807) is 7.11 Å². The van der Waals surface area contributed by atoms with Gasteiger partial charge in [0.25, 0.3) is 0 Å². The lowest BCUT2D eigenvalue weighted by molar-refractivity contribution is 0.224. The van der Waals surface area contributed by atoms with Crippen LogP contribution in [0.5, 0.6) is 11.5 Å². The second-order valence-electron chi connectivity index (χ2n) is 5.05. The highest BCUT2D eigenvalue weighted by Gasteiger charge is 2.22. The van der Waals surface area contributed by atoms with Gasteiger partial charge in [0.05, 0.1) is 13.7 Å². The lowest BCUT2D eigenvalue weighted by Crippen LogP contribution is -2.38. The molecule has 20 heavy (non-hydrogen) atoms. The number of para-hydroxylation sites is 1. The highest BCUT2D eigenvalue weighted by molar-refractivity contribution is 5.48. The summed E-state index contributed by atoms with van der Waals surface area (Å²) < 4.78 is 16.7. The summed E-state index contributed by atoms with van der Waals surface area (Å²) >= 11 is 0. The third kappa shape index (κ3) is 2.65. The van der Waals surface area contributed by atoms with Crippen LogP contribution in [0.25, 0.3) is 0 Å². The molecule has 0 fully saturated rings. The average molecular weight is 273 g/mol. The van der Waals surface area contributed by atoms with E-state index < -0.39 is 0 Å². The van der Waals surface area contributed by atoms with Crippen molar-refractivity contribution in [3.8, 4) is 11.5 Å². The van der Waals surface area contributed by atoms with Crippen molar-refractivity contribution in [2.75, 3.05) is 13.7 Å². The molecule has 0 aliphatic carbocycles. The Balaban J connectivity index is 1.64. The van der Waals surface area contributed by atoms with E-state index in [0.717, 1.165) is 36.0 Å². The Hall–Kier alpha value is -1.94. The molecule has 1 unspecified atom stereocenters. The number of ether oxygens (including phenoxy) is 2. The van der Waals surface area contributed by atoms with Crippen LogP contribution in [0.3, 0.4) is 0 Å². The molecule has 2 aromatic rings. The first-order valence-corrected chi connectivity index (χ1v) is 6.83. The smallest absolute Gasteiger partial charge is 0.164 e. The van der Waals surface area contributed by atoms with Crippen molar-refractivity contribution in [2.24, 2.45) is 0 Å². The summed E-state index contributed by atoms with van der Waals surface area (Å²) in [6, 6.07) is 10.3. The number of hydrogen-bond donors (Lipinski definition) is 1. The summed E-state index contributed by atoms with van der Waals surface area (Å²) in [5.74, 6) is 3.58. The molecule has 1 N–H and O–H groups in total. The molecule has 3 rings (SSSR count). The molecular formula is C16H19NO3. The highest BCUT2D eigenvalue weighted by Crippen LogP contribution is 2.34. The summed E-state index contributed by atoms with van der Waals surface area (Å²) in [5.41, 5.74) is 1.18. The predicted octanol–water partition coefficient (Wildman–Crippen LogP) is 2.69. The van der Waals surface area contributed by atoms with E-state index in [9.17, 15) is 0 Å². The molecule has 0 spiro atoms. The number of rotatable bonds is 4. The van der Waals surface area contributed by atoms with Crippen molar-refractivity contribution in [1.82, 2.24) is 5.32 Å². The average Bonchev–Trinajstić information content (AvgIpc) is 2.89. The van der Waals surface area contributed by atoms with Gasteiger partial charge in [-0.15, -0.1) is 0 Å². The monoisotopic (exact) mass is 273 g/mol. The van der Waals surface area contributed by atoms with E-state index in [0.29, 0.717) is 12.6 Å². The zero-order valence-electron chi connectivity index (χ0n) is 11.8. The third-order valence-electron chi connectivity index (χ3n) is 3.54. The van der Waals surface area contributed by atoms with Crippen molar-refractivity contribution in [1.29, 1.82) is 0 Å². The minimum absolute atomic E-state index is 0.292. The summed E-state index contributed by atoms with van der Waals surface area (Å²) in [6.07, 6.45) is 0.937. The van der Waals surface area contributed by atoms with Crippen LogP contribution in [-0.2, 0) is 13.0 Å². The molecule has 0 amide bonds. The van der Waals surface area contributed by atoms with E-state index >= 15 is 0 Å². The number of benzene rings is 1. The molecule has 1 aromatic carbocycles. The van der Waals surface area contributed by atoms with Gasteiger partial charge in [-0.25, -0.2) is 0 Å². The Morgan fingerprint density at radius 1 is 1.30 bits per heavy atom.